The van der Waals surface area contributed by atoms with Crippen LogP contribution in [0.1, 0.15) is 23.7 Å². The van der Waals surface area contributed by atoms with Crippen molar-refractivity contribution in [2.45, 2.75) is 13.3 Å². The molecule has 2 N–H and O–H groups in total. The Morgan fingerprint density at radius 1 is 1.33 bits per heavy atom. The highest BCUT2D eigenvalue weighted by Gasteiger charge is 2.12. The third kappa shape index (κ3) is 4.31. The lowest BCUT2D eigenvalue weighted by atomic mass is 10.2. The number of benzene rings is 1. The lowest BCUT2D eigenvalue weighted by molar-refractivity contribution is 0.102. The van der Waals surface area contributed by atoms with Crippen LogP contribution in [0.5, 0.6) is 0 Å². The van der Waals surface area contributed by atoms with E-state index in [-0.39, 0.29) is 5.91 Å². The van der Waals surface area contributed by atoms with Crippen LogP contribution in [0.2, 0.25) is 5.02 Å². The molecule has 0 aliphatic heterocycles. The lowest BCUT2D eigenvalue weighted by Crippen LogP contribution is -2.16. The molecule has 6 heteroatoms. The molecule has 21 heavy (non-hydrogen) atoms. The molecule has 0 unspecified atom stereocenters. The smallest absolute Gasteiger partial charge is 0.257 e. The fourth-order valence-corrected chi connectivity index (χ4v) is 2.78. The quantitative estimate of drug-likeness (QED) is 0.711. The number of aromatic nitrogens is 1. The maximum absolute atomic E-state index is 12.4. The molecule has 4 nitrogen and oxygen atoms in total. The summed E-state index contributed by atoms with van der Waals surface area (Å²) in [7, 11) is 0. The maximum Gasteiger partial charge on any atom is 0.257 e. The molecular weight excluding hydrogens is 401 g/mol. The molecule has 1 heterocycles. The molecule has 2 rings (SSSR count). The Bertz CT molecular complexity index is 649. The number of hydrogen-bond acceptors (Lipinski definition) is 3. The Hall–Kier alpha value is -1.34. The monoisotopic (exact) mass is 415 g/mol. The lowest BCUT2D eigenvalue weighted by Gasteiger charge is -2.12. The van der Waals surface area contributed by atoms with E-state index in [1.54, 1.807) is 36.7 Å². The molecule has 0 spiro atoms. The summed E-state index contributed by atoms with van der Waals surface area (Å²) in [5.41, 5.74) is 2.05. The third-order valence-electron chi connectivity index (χ3n) is 2.81. The zero-order valence-corrected chi connectivity index (χ0v) is 14.4. The summed E-state index contributed by atoms with van der Waals surface area (Å²) in [6.07, 6.45) is 4.25. The van der Waals surface area contributed by atoms with Crippen LogP contribution in [-0.4, -0.2) is 17.4 Å². The molecule has 0 bridgehead atoms. The first-order chi connectivity index (χ1) is 10.1. The van der Waals surface area contributed by atoms with Crippen molar-refractivity contribution in [2.75, 3.05) is 17.2 Å². The van der Waals surface area contributed by atoms with Crippen molar-refractivity contribution in [1.82, 2.24) is 4.98 Å². The first kappa shape index (κ1) is 16.0. The van der Waals surface area contributed by atoms with Crippen molar-refractivity contribution in [3.63, 3.8) is 0 Å². The summed E-state index contributed by atoms with van der Waals surface area (Å²) >= 11 is 8.06. The normalized spacial score (nSPS) is 10.2. The van der Waals surface area contributed by atoms with Crippen LogP contribution < -0.4 is 10.6 Å². The highest BCUT2D eigenvalue weighted by atomic mass is 127. The molecule has 2 aromatic rings. The minimum absolute atomic E-state index is 0.170. The minimum Gasteiger partial charge on any atom is -0.383 e. The molecule has 110 valence electrons. The molecule has 1 amide bonds. The second kappa shape index (κ2) is 7.61. The Labute approximate surface area is 142 Å². The molecule has 1 aromatic carbocycles. The topological polar surface area (TPSA) is 54.0 Å². The van der Waals surface area contributed by atoms with Gasteiger partial charge in [-0.05, 0) is 53.3 Å². The maximum atomic E-state index is 12.4. The van der Waals surface area contributed by atoms with E-state index in [2.05, 4.69) is 45.1 Å². The van der Waals surface area contributed by atoms with Crippen LogP contribution >= 0.6 is 34.2 Å². The molecule has 0 atom stereocenters. The summed E-state index contributed by atoms with van der Waals surface area (Å²) in [4.78, 5) is 16.5. The molecule has 0 radical (unpaired) electrons. The van der Waals surface area contributed by atoms with Gasteiger partial charge in [0.1, 0.15) is 0 Å². The van der Waals surface area contributed by atoms with Gasteiger partial charge in [-0.3, -0.25) is 9.78 Å². The summed E-state index contributed by atoms with van der Waals surface area (Å²) in [6.45, 7) is 2.86. The predicted octanol–water partition coefficient (Wildman–Crippen LogP) is 4.41. The van der Waals surface area contributed by atoms with Crippen molar-refractivity contribution >= 4 is 51.5 Å². The number of carbonyl (C=O) groups excluding carboxylic acids is 1. The molecule has 0 aliphatic rings. The first-order valence-electron chi connectivity index (χ1n) is 6.56. The molecule has 0 saturated heterocycles. The second-order valence-electron chi connectivity index (χ2n) is 4.43. The van der Waals surface area contributed by atoms with Crippen molar-refractivity contribution < 1.29 is 4.79 Å². The predicted molar refractivity (Wildman–Crippen MR) is 95.1 cm³/mol. The van der Waals surface area contributed by atoms with Gasteiger partial charge in [0.25, 0.3) is 5.91 Å². The van der Waals surface area contributed by atoms with Gasteiger partial charge in [0, 0.05) is 21.3 Å². The SMILES string of the molecule is CCCNc1cnccc1C(=O)Nc1ccc(Cl)cc1I. The van der Waals surface area contributed by atoms with Crippen LogP contribution in [0.25, 0.3) is 0 Å². The van der Waals surface area contributed by atoms with Crippen molar-refractivity contribution in [2.24, 2.45) is 0 Å². The van der Waals surface area contributed by atoms with E-state index in [0.29, 0.717) is 10.6 Å². The number of amides is 1. The Morgan fingerprint density at radius 2 is 2.14 bits per heavy atom. The first-order valence-corrected chi connectivity index (χ1v) is 8.01. The zero-order chi connectivity index (χ0) is 15.2. The number of hydrogen-bond donors (Lipinski definition) is 2. The number of nitrogens with one attached hydrogen (secondary N) is 2. The number of carbonyl (C=O) groups is 1. The van der Waals surface area contributed by atoms with Gasteiger partial charge in [-0.25, -0.2) is 0 Å². The van der Waals surface area contributed by atoms with Crippen molar-refractivity contribution in [3.05, 3.63) is 50.8 Å². The van der Waals surface area contributed by atoms with Crippen molar-refractivity contribution in [3.8, 4) is 0 Å². The number of halogens is 2. The number of nitrogens with zero attached hydrogens (tertiary/aromatic N) is 1. The highest BCUT2D eigenvalue weighted by molar-refractivity contribution is 14.1. The highest BCUT2D eigenvalue weighted by Crippen LogP contribution is 2.23. The van der Waals surface area contributed by atoms with E-state index in [1.807, 2.05) is 0 Å². The van der Waals surface area contributed by atoms with E-state index in [1.165, 1.54) is 0 Å². The minimum atomic E-state index is -0.170. The van der Waals surface area contributed by atoms with Crippen LogP contribution in [0.4, 0.5) is 11.4 Å². The van der Waals surface area contributed by atoms with Gasteiger partial charge in [0.2, 0.25) is 0 Å². The van der Waals surface area contributed by atoms with Gasteiger partial charge in [-0.2, -0.15) is 0 Å². The van der Waals surface area contributed by atoms with E-state index in [9.17, 15) is 4.79 Å². The van der Waals surface area contributed by atoms with Gasteiger partial charge in [0.15, 0.2) is 0 Å². The van der Waals surface area contributed by atoms with E-state index >= 15 is 0 Å². The summed E-state index contributed by atoms with van der Waals surface area (Å²) < 4.78 is 0.894. The molecule has 0 fully saturated rings. The molecule has 0 aliphatic carbocycles. The van der Waals surface area contributed by atoms with Gasteiger partial charge in [-0.1, -0.05) is 18.5 Å². The summed E-state index contributed by atoms with van der Waals surface area (Å²) in [5.74, 6) is -0.170. The molecule has 1 aromatic heterocycles. The molecular formula is C15H15ClIN3O. The summed E-state index contributed by atoms with van der Waals surface area (Å²) in [5, 5.41) is 6.75. The number of pyridine rings is 1. The van der Waals surface area contributed by atoms with Crippen LogP contribution in [0.15, 0.2) is 36.7 Å². The standard InChI is InChI=1S/C15H15ClIN3O/c1-2-6-19-14-9-18-7-5-11(14)15(21)20-13-4-3-10(16)8-12(13)17/h3-5,7-9,19H,2,6H2,1H3,(H,20,21). The fraction of sp³-hybridized carbons (Fsp3) is 0.200. The van der Waals surface area contributed by atoms with E-state index in [0.717, 1.165) is 27.9 Å². The van der Waals surface area contributed by atoms with E-state index in [4.69, 9.17) is 11.6 Å². The third-order valence-corrected chi connectivity index (χ3v) is 3.94. The van der Waals surface area contributed by atoms with Crippen LogP contribution in [0, 0.1) is 3.57 Å². The van der Waals surface area contributed by atoms with Gasteiger partial charge >= 0.3 is 0 Å². The number of anilines is 2. The molecule has 0 saturated carbocycles. The zero-order valence-electron chi connectivity index (χ0n) is 11.5. The van der Waals surface area contributed by atoms with Gasteiger partial charge < -0.3 is 10.6 Å². The van der Waals surface area contributed by atoms with Gasteiger partial charge in [0.05, 0.1) is 23.1 Å². The van der Waals surface area contributed by atoms with Gasteiger partial charge in [-0.15, -0.1) is 0 Å². The average molecular weight is 416 g/mol. The van der Waals surface area contributed by atoms with Crippen LogP contribution in [-0.2, 0) is 0 Å². The Balaban J connectivity index is 2.20. The van der Waals surface area contributed by atoms with Crippen molar-refractivity contribution in [1.29, 1.82) is 0 Å². The average Bonchev–Trinajstić information content (AvgIpc) is 2.48. The Kier molecular flexibility index (Phi) is 5.81. The number of rotatable bonds is 5. The van der Waals surface area contributed by atoms with E-state index < -0.39 is 0 Å². The Morgan fingerprint density at radius 3 is 2.86 bits per heavy atom. The van der Waals surface area contributed by atoms with Crippen LogP contribution in [0.3, 0.4) is 0 Å². The fourth-order valence-electron chi connectivity index (χ4n) is 1.77. The second-order valence-corrected chi connectivity index (χ2v) is 6.02. The summed E-state index contributed by atoms with van der Waals surface area (Å²) in [6, 6.07) is 7.06. The largest absolute Gasteiger partial charge is 0.383 e.